The lowest BCUT2D eigenvalue weighted by Gasteiger charge is -2.14. The molecule has 2 rings (SSSR count). The minimum Gasteiger partial charge on any atom is -0.468 e. The number of aromatic nitrogens is 2. The van der Waals surface area contributed by atoms with Gasteiger partial charge in [0, 0.05) is 49.4 Å². The van der Waals surface area contributed by atoms with Crippen molar-refractivity contribution < 1.29 is 17.9 Å². The maximum absolute atomic E-state index is 12.3. The van der Waals surface area contributed by atoms with Crippen LogP contribution in [0.2, 0.25) is 0 Å². The quantitative estimate of drug-likeness (QED) is 0.311. The van der Waals surface area contributed by atoms with E-state index < -0.39 is 12.8 Å². The van der Waals surface area contributed by atoms with E-state index in [2.05, 4.69) is 32.5 Å². The van der Waals surface area contributed by atoms with Gasteiger partial charge in [0.25, 0.3) is 0 Å². The summed E-state index contributed by atoms with van der Waals surface area (Å²) in [6.07, 6.45) is 0.600. The van der Waals surface area contributed by atoms with Crippen molar-refractivity contribution in [3.63, 3.8) is 0 Å². The van der Waals surface area contributed by atoms with Crippen molar-refractivity contribution >= 4 is 41.3 Å². The number of hydrogen-bond acceptors (Lipinski definition) is 5. The van der Waals surface area contributed by atoms with Gasteiger partial charge in [-0.3, -0.25) is 4.99 Å². The number of ether oxygens (including phenoxy) is 1. The molecule has 2 aromatic rings. The molecule has 0 aromatic carbocycles. The zero-order chi connectivity index (χ0) is 19.7. The van der Waals surface area contributed by atoms with Gasteiger partial charge in [-0.1, -0.05) is 13.0 Å². The van der Waals surface area contributed by atoms with E-state index in [1.165, 1.54) is 11.1 Å². The van der Waals surface area contributed by atoms with E-state index in [1.54, 1.807) is 30.5 Å². The smallest absolute Gasteiger partial charge is 0.422 e. The van der Waals surface area contributed by atoms with Crippen LogP contribution in [-0.2, 0) is 19.4 Å². The minimum atomic E-state index is -4.41. The van der Waals surface area contributed by atoms with Gasteiger partial charge in [0.05, 0.1) is 5.01 Å². The van der Waals surface area contributed by atoms with Crippen LogP contribution in [-0.4, -0.2) is 42.3 Å². The highest BCUT2D eigenvalue weighted by molar-refractivity contribution is 14.0. The molecule has 0 bridgehead atoms. The Morgan fingerprint density at radius 2 is 2.07 bits per heavy atom. The Labute approximate surface area is 183 Å². The molecular weight excluding hydrogens is 506 g/mol. The molecule has 28 heavy (non-hydrogen) atoms. The van der Waals surface area contributed by atoms with Gasteiger partial charge in [-0.25, -0.2) is 9.97 Å². The Morgan fingerprint density at radius 1 is 1.29 bits per heavy atom. The van der Waals surface area contributed by atoms with Crippen molar-refractivity contribution in [2.45, 2.75) is 32.5 Å². The number of aliphatic imine (C=N–C) groups is 1. The number of nitrogens with zero attached hydrogens (tertiary/aromatic N) is 3. The van der Waals surface area contributed by atoms with Gasteiger partial charge in [0.2, 0.25) is 5.88 Å². The molecule has 0 saturated heterocycles. The van der Waals surface area contributed by atoms with E-state index in [9.17, 15) is 13.2 Å². The molecule has 0 amide bonds. The minimum absolute atomic E-state index is 0. The molecule has 0 aliphatic rings. The van der Waals surface area contributed by atoms with E-state index in [-0.39, 0.29) is 36.4 Å². The third-order valence-electron chi connectivity index (χ3n) is 3.47. The monoisotopic (exact) mass is 529 g/mol. The van der Waals surface area contributed by atoms with E-state index in [1.807, 2.05) is 6.20 Å². The second-order valence-electron chi connectivity index (χ2n) is 5.55. The highest BCUT2D eigenvalue weighted by Crippen LogP contribution is 2.19. The number of thiazole rings is 1. The van der Waals surface area contributed by atoms with Crippen LogP contribution in [0.1, 0.15) is 22.4 Å². The molecule has 2 N–H and O–H groups in total. The standard InChI is InChI=1S/C17H22F3N5OS.HI/c1-3-13-10-24-14(27-13)6-8-23-16(21-2)25-9-12-5-4-7-22-15(12)26-11-17(18,19)20;/h4-5,7,10H,3,6,8-9,11H2,1-2H3,(H2,21,23,25);1H. The van der Waals surface area contributed by atoms with Crippen molar-refractivity contribution in [2.75, 3.05) is 20.2 Å². The molecule has 0 radical (unpaired) electrons. The zero-order valence-corrected chi connectivity index (χ0v) is 18.7. The van der Waals surface area contributed by atoms with Gasteiger partial charge in [0.15, 0.2) is 12.6 Å². The summed E-state index contributed by atoms with van der Waals surface area (Å²) in [6, 6.07) is 3.29. The lowest BCUT2D eigenvalue weighted by molar-refractivity contribution is -0.154. The third-order valence-corrected chi connectivity index (χ3v) is 4.68. The molecule has 0 aliphatic carbocycles. The molecule has 0 fully saturated rings. The van der Waals surface area contributed by atoms with Crippen molar-refractivity contribution in [3.05, 3.63) is 40.0 Å². The van der Waals surface area contributed by atoms with Gasteiger partial charge in [0.1, 0.15) is 0 Å². The van der Waals surface area contributed by atoms with Crippen LogP contribution in [0.4, 0.5) is 13.2 Å². The fourth-order valence-corrected chi connectivity index (χ4v) is 3.02. The highest BCUT2D eigenvalue weighted by atomic mass is 127. The summed E-state index contributed by atoms with van der Waals surface area (Å²) in [5.74, 6) is 0.487. The first-order valence-electron chi connectivity index (χ1n) is 8.42. The molecule has 6 nitrogen and oxygen atoms in total. The molecular formula is C17H23F3IN5OS. The molecule has 2 heterocycles. The molecule has 0 unspecified atom stereocenters. The summed E-state index contributed by atoms with van der Waals surface area (Å²) in [5.41, 5.74) is 0.511. The lowest BCUT2D eigenvalue weighted by atomic mass is 10.2. The SMILES string of the molecule is CCc1cnc(CCNC(=NC)NCc2cccnc2OCC(F)(F)F)s1.I. The molecule has 0 saturated carbocycles. The number of aryl methyl sites for hydroxylation is 1. The Kier molecular flexibility index (Phi) is 10.5. The van der Waals surface area contributed by atoms with Crippen molar-refractivity contribution in [2.24, 2.45) is 4.99 Å². The van der Waals surface area contributed by atoms with Crippen LogP contribution < -0.4 is 15.4 Å². The maximum Gasteiger partial charge on any atom is 0.422 e. The molecule has 156 valence electrons. The number of nitrogens with one attached hydrogen (secondary N) is 2. The van der Waals surface area contributed by atoms with E-state index in [0.29, 0.717) is 18.1 Å². The second kappa shape index (κ2) is 12.0. The van der Waals surface area contributed by atoms with Gasteiger partial charge >= 0.3 is 6.18 Å². The Morgan fingerprint density at radius 3 is 2.71 bits per heavy atom. The van der Waals surface area contributed by atoms with Gasteiger partial charge in [-0.05, 0) is 12.5 Å². The van der Waals surface area contributed by atoms with Crippen molar-refractivity contribution in [1.82, 2.24) is 20.6 Å². The first kappa shape index (κ1) is 24.4. The predicted octanol–water partition coefficient (Wildman–Crippen LogP) is 3.57. The Hall–Kier alpha value is -1.63. The van der Waals surface area contributed by atoms with Crippen LogP contribution in [0, 0.1) is 0 Å². The number of guanidine groups is 1. The number of pyridine rings is 1. The summed E-state index contributed by atoms with van der Waals surface area (Å²) in [5, 5.41) is 7.25. The molecule has 0 atom stereocenters. The Balaban J connectivity index is 0.00000392. The van der Waals surface area contributed by atoms with E-state index in [4.69, 9.17) is 4.74 Å². The van der Waals surface area contributed by atoms with Crippen LogP contribution in [0.3, 0.4) is 0 Å². The second-order valence-corrected chi connectivity index (χ2v) is 6.75. The molecule has 2 aromatic heterocycles. The summed E-state index contributed by atoms with van der Waals surface area (Å²) < 4.78 is 41.8. The Bertz CT molecular complexity index is 754. The number of alkyl halides is 3. The number of halogens is 4. The van der Waals surface area contributed by atoms with Gasteiger partial charge < -0.3 is 15.4 Å². The maximum atomic E-state index is 12.3. The highest BCUT2D eigenvalue weighted by Gasteiger charge is 2.29. The average molecular weight is 529 g/mol. The van der Waals surface area contributed by atoms with Crippen molar-refractivity contribution in [1.29, 1.82) is 0 Å². The van der Waals surface area contributed by atoms with Crippen LogP contribution in [0.25, 0.3) is 0 Å². The molecule has 0 aliphatic heterocycles. The largest absolute Gasteiger partial charge is 0.468 e. The van der Waals surface area contributed by atoms with Crippen LogP contribution in [0.5, 0.6) is 5.88 Å². The van der Waals surface area contributed by atoms with E-state index >= 15 is 0 Å². The molecule has 0 spiro atoms. The summed E-state index contributed by atoms with van der Waals surface area (Å²) in [7, 11) is 1.62. The van der Waals surface area contributed by atoms with E-state index in [0.717, 1.165) is 17.8 Å². The third kappa shape index (κ3) is 8.59. The lowest BCUT2D eigenvalue weighted by Crippen LogP contribution is -2.38. The van der Waals surface area contributed by atoms with Crippen LogP contribution in [0.15, 0.2) is 29.5 Å². The number of hydrogen-bond donors (Lipinski definition) is 2. The van der Waals surface area contributed by atoms with Gasteiger partial charge in [-0.2, -0.15) is 13.2 Å². The number of rotatable bonds is 8. The van der Waals surface area contributed by atoms with Gasteiger partial charge in [-0.15, -0.1) is 35.3 Å². The normalized spacial score (nSPS) is 11.7. The first-order valence-corrected chi connectivity index (χ1v) is 9.24. The summed E-state index contributed by atoms with van der Waals surface area (Å²) in [6.45, 7) is 1.59. The summed E-state index contributed by atoms with van der Waals surface area (Å²) in [4.78, 5) is 13.6. The molecule has 11 heteroatoms. The fraction of sp³-hybridized carbons (Fsp3) is 0.471. The van der Waals surface area contributed by atoms with Crippen LogP contribution >= 0.6 is 35.3 Å². The summed E-state index contributed by atoms with van der Waals surface area (Å²) >= 11 is 1.68. The predicted molar refractivity (Wildman–Crippen MR) is 115 cm³/mol. The zero-order valence-electron chi connectivity index (χ0n) is 15.5. The topological polar surface area (TPSA) is 71.4 Å². The van der Waals surface area contributed by atoms with Crippen molar-refractivity contribution in [3.8, 4) is 5.88 Å². The fourth-order valence-electron chi connectivity index (χ4n) is 2.15. The first-order chi connectivity index (χ1) is 12.9. The average Bonchev–Trinajstić information content (AvgIpc) is 3.11.